The zero-order valence-corrected chi connectivity index (χ0v) is 18.3. The molecule has 0 fully saturated rings. The van der Waals surface area contributed by atoms with E-state index in [1.807, 2.05) is 24.3 Å². The highest BCUT2D eigenvalue weighted by atomic mass is 35.5. The van der Waals surface area contributed by atoms with E-state index >= 15 is 0 Å². The minimum atomic E-state index is -0.168. The molecule has 0 saturated carbocycles. The van der Waals surface area contributed by atoms with E-state index in [1.165, 1.54) is 0 Å². The lowest BCUT2D eigenvalue weighted by atomic mass is 10.1. The second kappa shape index (κ2) is 8.65. The van der Waals surface area contributed by atoms with Crippen molar-refractivity contribution in [1.29, 1.82) is 0 Å². The van der Waals surface area contributed by atoms with Crippen molar-refractivity contribution in [3.05, 3.63) is 93.9 Å². The van der Waals surface area contributed by atoms with E-state index in [-0.39, 0.29) is 19.2 Å². The van der Waals surface area contributed by atoms with Crippen molar-refractivity contribution in [2.75, 3.05) is 6.79 Å². The predicted octanol–water partition coefficient (Wildman–Crippen LogP) is 5.51. The Balaban J connectivity index is 1.51. The average Bonchev–Trinajstić information content (AvgIpc) is 3.25. The van der Waals surface area contributed by atoms with Crippen LogP contribution in [0.15, 0.2) is 67.0 Å². The van der Waals surface area contributed by atoms with E-state index in [2.05, 4.69) is 9.97 Å². The number of halogens is 2. The van der Waals surface area contributed by atoms with E-state index in [4.69, 9.17) is 32.7 Å². The van der Waals surface area contributed by atoms with Crippen LogP contribution in [0.4, 0.5) is 0 Å². The highest BCUT2D eigenvalue weighted by molar-refractivity contribution is 6.31. The molecule has 0 aliphatic carbocycles. The van der Waals surface area contributed by atoms with Crippen LogP contribution >= 0.6 is 23.2 Å². The summed E-state index contributed by atoms with van der Waals surface area (Å²) in [6.07, 6.45) is 3.43. The molecule has 0 radical (unpaired) electrons. The number of aromatic nitrogens is 2. The summed E-state index contributed by atoms with van der Waals surface area (Å²) < 4.78 is 10.9. The highest BCUT2D eigenvalue weighted by Gasteiger charge is 2.21. The van der Waals surface area contributed by atoms with E-state index in [0.717, 1.165) is 16.5 Å². The summed E-state index contributed by atoms with van der Waals surface area (Å²) >= 11 is 12.6. The van der Waals surface area contributed by atoms with Crippen molar-refractivity contribution in [1.82, 2.24) is 14.9 Å². The molecule has 0 bridgehead atoms. The van der Waals surface area contributed by atoms with Gasteiger partial charge in [-0.05, 0) is 42.0 Å². The summed E-state index contributed by atoms with van der Waals surface area (Å²) in [6.45, 7) is 0.796. The molecule has 0 saturated heterocycles. The van der Waals surface area contributed by atoms with Gasteiger partial charge in [-0.3, -0.25) is 9.78 Å². The fourth-order valence-electron chi connectivity index (χ4n) is 3.62. The molecule has 5 rings (SSSR count). The quantitative estimate of drug-likeness (QED) is 0.363. The summed E-state index contributed by atoms with van der Waals surface area (Å²) in [6, 6.07) is 16.2. The Morgan fingerprint density at radius 2 is 1.84 bits per heavy atom. The molecule has 0 spiro atoms. The second-order valence-corrected chi connectivity index (χ2v) is 8.16. The minimum Gasteiger partial charge on any atom is -0.454 e. The Hall–Kier alpha value is -3.35. The molecule has 4 aromatic rings. The molecule has 160 valence electrons. The molecule has 0 N–H and O–H groups in total. The van der Waals surface area contributed by atoms with Crippen LogP contribution in [0, 0.1) is 0 Å². The first kappa shape index (κ1) is 20.5. The van der Waals surface area contributed by atoms with Crippen LogP contribution < -0.4 is 9.47 Å². The Morgan fingerprint density at radius 3 is 2.62 bits per heavy atom. The van der Waals surface area contributed by atoms with Gasteiger partial charge in [0.1, 0.15) is 5.15 Å². The number of carbonyl (C=O) groups is 1. The van der Waals surface area contributed by atoms with Crippen molar-refractivity contribution in [3.8, 4) is 11.5 Å². The number of amides is 1. The Labute approximate surface area is 194 Å². The maximum atomic E-state index is 13.4. The van der Waals surface area contributed by atoms with E-state index < -0.39 is 0 Å². The van der Waals surface area contributed by atoms with Gasteiger partial charge in [-0.1, -0.05) is 35.3 Å². The van der Waals surface area contributed by atoms with Gasteiger partial charge >= 0.3 is 0 Å². The number of ether oxygens (including phenoxy) is 2. The average molecular weight is 466 g/mol. The third kappa shape index (κ3) is 4.20. The van der Waals surface area contributed by atoms with E-state index in [9.17, 15) is 4.79 Å². The molecule has 8 heteroatoms. The zero-order chi connectivity index (χ0) is 22.1. The number of fused-ring (bicyclic) bond motifs is 2. The molecule has 2 aromatic carbocycles. The van der Waals surface area contributed by atoms with Crippen molar-refractivity contribution >= 4 is 40.0 Å². The largest absolute Gasteiger partial charge is 0.454 e. The normalized spacial score (nSPS) is 12.2. The summed E-state index contributed by atoms with van der Waals surface area (Å²) in [7, 11) is 0. The number of nitrogens with zero attached hydrogens (tertiary/aromatic N) is 3. The number of benzene rings is 2. The second-order valence-electron chi connectivity index (χ2n) is 7.37. The fraction of sp³-hybridized carbons (Fsp3) is 0.125. The zero-order valence-electron chi connectivity index (χ0n) is 16.8. The lowest BCUT2D eigenvalue weighted by Gasteiger charge is -2.24. The molecule has 6 nitrogen and oxygen atoms in total. The van der Waals surface area contributed by atoms with Crippen molar-refractivity contribution < 1.29 is 14.3 Å². The van der Waals surface area contributed by atoms with Crippen LogP contribution in [-0.4, -0.2) is 27.6 Å². The van der Waals surface area contributed by atoms with Crippen LogP contribution in [-0.2, 0) is 13.1 Å². The first-order valence-corrected chi connectivity index (χ1v) is 10.6. The summed E-state index contributed by atoms with van der Waals surface area (Å²) in [5, 5.41) is 1.68. The van der Waals surface area contributed by atoms with E-state index in [0.29, 0.717) is 39.3 Å². The summed E-state index contributed by atoms with van der Waals surface area (Å²) in [4.78, 5) is 23.8. The van der Waals surface area contributed by atoms with Gasteiger partial charge in [0, 0.05) is 53.1 Å². The van der Waals surface area contributed by atoms with Crippen LogP contribution in [0.3, 0.4) is 0 Å². The predicted molar refractivity (Wildman–Crippen MR) is 122 cm³/mol. The third-order valence-electron chi connectivity index (χ3n) is 5.15. The van der Waals surface area contributed by atoms with Crippen LogP contribution in [0.25, 0.3) is 10.9 Å². The highest BCUT2D eigenvalue weighted by Crippen LogP contribution is 2.36. The van der Waals surface area contributed by atoms with Crippen molar-refractivity contribution in [3.63, 3.8) is 0 Å². The fourth-order valence-corrected chi connectivity index (χ4v) is 4.01. The maximum absolute atomic E-state index is 13.4. The van der Waals surface area contributed by atoms with Gasteiger partial charge < -0.3 is 14.4 Å². The lowest BCUT2D eigenvalue weighted by molar-refractivity contribution is 0.0730. The smallest absolute Gasteiger partial charge is 0.254 e. The van der Waals surface area contributed by atoms with Crippen molar-refractivity contribution in [2.45, 2.75) is 13.1 Å². The number of hydrogen-bond donors (Lipinski definition) is 0. The molecule has 1 aliphatic rings. The first-order valence-electron chi connectivity index (χ1n) is 9.89. The SMILES string of the molecule is O=C(c1cccc(Cl)c1)N(Cc1cccnc1)Cc1cc2cc3c(cc2nc1Cl)OCO3. The van der Waals surface area contributed by atoms with Gasteiger partial charge in [0.25, 0.3) is 5.91 Å². The molecule has 3 heterocycles. The standard InChI is InChI=1S/C24H17Cl2N3O3/c25-19-5-1-4-16(8-19)24(30)29(12-15-3-2-6-27-11-15)13-18-7-17-9-21-22(32-14-31-21)10-20(17)28-23(18)26/h1-11H,12-14H2. The monoisotopic (exact) mass is 465 g/mol. The van der Waals surface area contributed by atoms with Gasteiger partial charge in [-0.25, -0.2) is 4.98 Å². The first-order chi connectivity index (χ1) is 15.6. The molecule has 32 heavy (non-hydrogen) atoms. The molecular formula is C24H17Cl2N3O3. The molecule has 1 aliphatic heterocycles. The number of hydrogen-bond acceptors (Lipinski definition) is 5. The molecule has 0 unspecified atom stereocenters. The molecule has 2 aromatic heterocycles. The lowest BCUT2D eigenvalue weighted by Crippen LogP contribution is -2.30. The summed E-state index contributed by atoms with van der Waals surface area (Å²) in [5.41, 5.74) is 2.81. The van der Waals surface area contributed by atoms with Crippen molar-refractivity contribution in [2.24, 2.45) is 0 Å². The van der Waals surface area contributed by atoms with Gasteiger partial charge in [0.05, 0.1) is 5.52 Å². The number of pyridine rings is 2. The number of rotatable bonds is 5. The van der Waals surface area contributed by atoms with E-state index in [1.54, 1.807) is 47.6 Å². The van der Waals surface area contributed by atoms with Crippen LogP contribution in [0.5, 0.6) is 11.5 Å². The van der Waals surface area contributed by atoms with Crippen LogP contribution in [0.1, 0.15) is 21.5 Å². The Morgan fingerprint density at radius 1 is 1.00 bits per heavy atom. The van der Waals surface area contributed by atoms with Gasteiger partial charge in [0.15, 0.2) is 11.5 Å². The maximum Gasteiger partial charge on any atom is 0.254 e. The third-order valence-corrected chi connectivity index (χ3v) is 5.71. The van der Waals surface area contributed by atoms with Gasteiger partial charge in [-0.2, -0.15) is 0 Å². The summed E-state index contributed by atoms with van der Waals surface area (Å²) in [5.74, 6) is 1.14. The molecular weight excluding hydrogens is 449 g/mol. The van der Waals surface area contributed by atoms with Gasteiger partial charge in [0.2, 0.25) is 6.79 Å². The topological polar surface area (TPSA) is 64.6 Å². The Kier molecular flexibility index (Phi) is 5.55. The van der Waals surface area contributed by atoms with Gasteiger partial charge in [-0.15, -0.1) is 0 Å². The molecule has 1 amide bonds. The number of carbonyl (C=O) groups excluding carboxylic acids is 1. The van der Waals surface area contributed by atoms with Crippen LogP contribution in [0.2, 0.25) is 10.2 Å². The molecule has 0 atom stereocenters. The minimum absolute atomic E-state index is 0.168. The Bertz CT molecular complexity index is 1310.